The lowest BCUT2D eigenvalue weighted by atomic mass is 9.97. The van der Waals surface area contributed by atoms with E-state index in [-0.39, 0.29) is 11.9 Å². The fourth-order valence-corrected chi connectivity index (χ4v) is 3.87. The van der Waals surface area contributed by atoms with Crippen LogP contribution in [0.3, 0.4) is 0 Å². The van der Waals surface area contributed by atoms with Crippen molar-refractivity contribution in [2.24, 2.45) is 0 Å². The highest BCUT2D eigenvalue weighted by atomic mass is 35.5. The molecule has 6 heteroatoms. The quantitative estimate of drug-likeness (QED) is 0.844. The number of nitrogens with one attached hydrogen (secondary N) is 1. The molecule has 1 aliphatic heterocycles. The topological polar surface area (TPSA) is 58.1 Å². The number of hydrogen-bond acceptors (Lipinski definition) is 4. The molecule has 0 bridgehead atoms. The molecule has 26 heavy (non-hydrogen) atoms. The van der Waals surface area contributed by atoms with Gasteiger partial charge >= 0.3 is 0 Å². The van der Waals surface area contributed by atoms with E-state index in [2.05, 4.69) is 33.4 Å². The monoisotopic (exact) mass is 370 g/mol. The van der Waals surface area contributed by atoms with E-state index in [4.69, 9.17) is 11.6 Å². The Labute approximate surface area is 158 Å². The Morgan fingerprint density at radius 2 is 2.15 bits per heavy atom. The molecule has 1 aliphatic carbocycles. The van der Waals surface area contributed by atoms with Crippen LogP contribution in [0.25, 0.3) is 0 Å². The summed E-state index contributed by atoms with van der Waals surface area (Å²) in [7, 11) is 0. The summed E-state index contributed by atoms with van der Waals surface area (Å²) in [6.45, 7) is 3.86. The molecule has 1 N–H and O–H groups in total. The van der Waals surface area contributed by atoms with Gasteiger partial charge in [-0.05, 0) is 54.5 Å². The molecule has 0 spiro atoms. The van der Waals surface area contributed by atoms with Crippen LogP contribution in [0.5, 0.6) is 0 Å². The van der Waals surface area contributed by atoms with Crippen molar-refractivity contribution in [2.75, 3.05) is 13.1 Å². The Hall–Kier alpha value is -1.98. The van der Waals surface area contributed by atoms with Gasteiger partial charge in [0.2, 0.25) is 0 Å². The molecule has 2 heterocycles. The number of rotatable bonds is 6. The average Bonchev–Trinajstić information content (AvgIpc) is 3.45. The Kier molecular flexibility index (Phi) is 4.92. The van der Waals surface area contributed by atoms with Gasteiger partial charge in [-0.25, -0.2) is 0 Å². The van der Waals surface area contributed by atoms with Crippen molar-refractivity contribution in [1.29, 1.82) is 0 Å². The summed E-state index contributed by atoms with van der Waals surface area (Å²) < 4.78 is 0. The number of likely N-dealkylation sites (tertiary alicyclic amines) is 1. The SMILES string of the molecule is CC[C@@H](c1cccc(Cl)c1)N1CC(NC(=O)c2cc(C3CC3)cnn2)C1. The Morgan fingerprint density at radius 1 is 1.35 bits per heavy atom. The molecular weight excluding hydrogens is 348 g/mol. The predicted octanol–water partition coefficient (Wildman–Crippen LogP) is 3.57. The van der Waals surface area contributed by atoms with Gasteiger partial charge in [0.15, 0.2) is 5.69 Å². The Bertz CT molecular complexity index is 802. The number of amides is 1. The van der Waals surface area contributed by atoms with Crippen molar-refractivity contribution in [3.63, 3.8) is 0 Å². The average molecular weight is 371 g/mol. The number of benzene rings is 1. The summed E-state index contributed by atoms with van der Waals surface area (Å²) in [6.07, 6.45) is 5.16. The first-order valence-corrected chi connectivity index (χ1v) is 9.65. The minimum Gasteiger partial charge on any atom is -0.345 e. The second-order valence-corrected chi connectivity index (χ2v) is 7.69. The fourth-order valence-electron chi connectivity index (χ4n) is 3.67. The van der Waals surface area contributed by atoms with Gasteiger partial charge in [-0.1, -0.05) is 30.7 Å². The number of hydrogen-bond donors (Lipinski definition) is 1. The highest BCUT2D eigenvalue weighted by Crippen LogP contribution is 2.39. The smallest absolute Gasteiger partial charge is 0.272 e. The predicted molar refractivity (Wildman–Crippen MR) is 101 cm³/mol. The van der Waals surface area contributed by atoms with E-state index in [1.165, 1.54) is 18.4 Å². The summed E-state index contributed by atoms with van der Waals surface area (Å²) in [4.78, 5) is 14.8. The molecule has 0 unspecified atom stereocenters. The van der Waals surface area contributed by atoms with Crippen molar-refractivity contribution in [2.45, 2.75) is 44.2 Å². The van der Waals surface area contributed by atoms with E-state index in [1.807, 2.05) is 24.3 Å². The zero-order valence-corrected chi connectivity index (χ0v) is 15.6. The second-order valence-electron chi connectivity index (χ2n) is 7.25. The molecule has 1 saturated heterocycles. The molecule has 1 aromatic heterocycles. The minimum absolute atomic E-state index is 0.125. The molecule has 5 nitrogen and oxygen atoms in total. The molecule has 2 fully saturated rings. The van der Waals surface area contributed by atoms with Crippen LogP contribution >= 0.6 is 11.6 Å². The van der Waals surface area contributed by atoms with Gasteiger partial charge in [-0.15, -0.1) is 5.10 Å². The molecule has 1 saturated carbocycles. The number of carbonyl (C=O) groups is 1. The fraction of sp³-hybridized carbons (Fsp3) is 0.450. The van der Waals surface area contributed by atoms with Crippen molar-refractivity contribution in [3.05, 3.63) is 58.4 Å². The Balaban J connectivity index is 1.34. The molecule has 1 aromatic carbocycles. The molecular formula is C20H23ClN4O. The first kappa shape index (κ1) is 17.4. The molecule has 2 aliphatic rings. The number of aromatic nitrogens is 2. The maximum atomic E-state index is 12.5. The molecule has 1 atom stereocenters. The molecule has 2 aromatic rings. The minimum atomic E-state index is -0.125. The third kappa shape index (κ3) is 3.74. The number of nitrogens with zero attached hydrogens (tertiary/aromatic N) is 3. The maximum Gasteiger partial charge on any atom is 0.272 e. The molecule has 0 radical (unpaired) electrons. The first-order valence-electron chi connectivity index (χ1n) is 9.27. The summed E-state index contributed by atoms with van der Waals surface area (Å²) in [5, 5.41) is 11.8. The second kappa shape index (κ2) is 7.33. The van der Waals surface area contributed by atoms with Gasteiger partial charge in [0.25, 0.3) is 5.91 Å². The van der Waals surface area contributed by atoms with Gasteiger partial charge in [-0.2, -0.15) is 5.10 Å². The van der Waals surface area contributed by atoms with Crippen LogP contribution in [-0.4, -0.2) is 40.1 Å². The molecule has 136 valence electrons. The normalized spacial score (nSPS) is 19.0. The highest BCUT2D eigenvalue weighted by Gasteiger charge is 2.34. The van der Waals surface area contributed by atoms with Crippen LogP contribution in [0.4, 0.5) is 0 Å². The lowest BCUT2D eigenvalue weighted by Gasteiger charge is -2.44. The van der Waals surface area contributed by atoms with Gasteiger partial charge in [0, 0.05) is 24.2 Å². The van der Waals surface area contributed by atoms with Crippen molar-refractivity contribution in [1.82, 2.24) is 20.4 Å². The van der Waals surface area contributed by atoms with E-state index in [1.54, 1.807) is 6.20 Å². The van der Waals surface area contributed by atoms with Crippen LogP contribution in [0, 0.1) is 0 Å². The van der Waals surface area contributed by atoms with E-state index >= 15 is 0 Å². The molecule has 1 amide bonds. The lowest BCUT2D eigenvalue weighted by molar-refractivity contribution is 0.0614. The van der Waals surface area contributed by atoms with Crippen LogP contribution in [-0.2, 0) is 0 Å². The van der Waals surface area contributed by atoms with E-state index in [9.17, 15) is 4.79 Å². The largest absolute Gasteiger partial charge is 0.345 e. The third-order valence-electron chi connectivity index (χ3n) is 5.26. The van der Waals surface area contributed by atoms with Gasteiger partial charge < -0.3 is 5.32 Å². The third-order valence-corrected chi connectivity index (χ3v) is 5.50. The maximum absolute atomic E-state index is 12.5. The first-order chi connectivity index (χ1) is 12.6. The summed E-state index contributed by atoms with van der Waals surface area (Å²) >= 11 is 6.13. The Morgan fingerprint density at radius 3 is 2.85 bits per heavy atom. The number of halogens is 1. The van der Waals surface area contributed by atoms with E-state index in [0.717, 1.165) is 30.1 Å². The van der Waals surface area contributed by atoms with Gasteiger partial charge in [0.05, 0.1) is 12.2 Å². The van der Waals surface area contributed by atoms with E-state index in [0.29, 0.717) is 17.7 Å². The van der Waals surface area contributed by atoms with E-state index < -0.39 is 0 Å². The standard InChI is InChI=1S/C20H23ClN4O/c1-2-19(14-4-3-5-16(21)8-14)25-11-17(12-25)23-20(26)18-9-15(10-22-24-18)13-6-7-13/h3-5,8-10,13,17,19H,2,6-7,11-12H2,1H3,(H,23,26)/t19-/m0/s1. The summed E-state index contributed by atoms with van der Waals surface area (Å²) in [6, 6.07) is 10.4. The highest BCUT2D eigenvalue weighted by molar-refractivity contribution is 6.30. The van der Waals surface area contributed by atoms with Crippen LogP contribution < -0.4 is 5.32 Å². The van der Waals surface area contributed by atoms with Crippen LogP contribution in [0.1, 0.15) is 59.8 Å². The van der Waals surface area contributed by atoms with Gasteiger partial charge in [-0.3, -0.25) is 9.69 Å². The zero-order chi connectivity index (χ0) is 18.1. The van der Waals surface area contributed by atoms with Crippen molar-refractivity contribution < 1.29 is 4.79 Å². The lowest BCUT2D eigenvalue weighted by Crippen LogP contribution is -2.60. The van der Waals surface area contributed by atoms with Gasteiger partial charge in [0.1, 0.15) is 0 Å². The van der Waals surface area contributed by atoms with Crippen LogP contribution in [0.15, 0.2) is 36.5 Å². The van der Waals surface area contributed by atoms with Crippen LogP contribution in [0.2, 0.25) is 5.02 Å². The molecule has 4 rings (SSSR count). The van der Waals surface area contributed by atoms with Crippen molar-refractivity contribution in [3.8, 4) is 0 Å². The summed E-state index contributed by atoms with van der Waals surface area (Å²) in [5.74, 6) is 0.444. The number of carbonyl (C=O) groups excluding carboxylic acids is 1. The zero-order valence-electron chi connectivity index (χ0n) is 14.9. The summed E-state index contributed by atoms with van der Waals surface area (Å²) in [5.41, 5.74) is 2.79. The van der Waals surface area contributed by atoms with Crippen molar-refractivity contribution >= 4 is 17.5 Å².